The number of nitrogens with zero attached hydrogens (tertiary/aromatic N) is 3. The van der Waals surface area contributed by atoms with Gasteiger partial charge in [0.2, 0.25) is 0 Å². The zero-order valence-electron chi connectivity index (χ0n) is 16.7. The van der Waals surface area contributed by atoms with Crippen molar-refractivity contribution in [2.75, 3.05) is 7.11 Å². The zero-order valence-corrected chi connectivity index (χ0v) is 16.7. The number of rotatable bonds is 8. The largest absolute Gasteiger partial charge is 0.496 e. The molecule has 154 valence electrons. The highest BCUT2D eigenvalue weighted by Gasteiger charge is 2.18. The van der Waals surface area contributed by atoms with Crippen molar-refractivity contribution in [1.82, 2.24) is 19.1 Å². The first kappa shape index (κ1) is 20.4. The molecule has 0 aliphatic rings. The maximum atomic E-state index is 12.3. The molecule has 2 aromatic heterocycles. The Bertz CT molecular complexity index is 1140. The lowest BCUT2D eigenvalue weighted by atomic mass is 10.1. The van der Waals surface area contributed by atoms with Crippen LogP contribution in [-0.4, -0.2) is 32.2 Å². The van der Waals surface area contributed by atoms with Gasteiger partial charge in [-0.3, -0.25) is 19.1 Å². The van der Waals surface area contributed by atoms with Gasteiger partial charge in [0.15, 0.2) is 11.2 Å². The summed E-state index contributed by atoms with van der Waals surface area (Å²) >= 11 is 0. The van der Waals surface area contributed by atoms with Gasteiger partial charge in [-0.05, 0) is 12.5 Å². The number of hydrogen-bond acceptors (Lipinski definition) is 6. The first-order valence-electron chi connectivity index (χ1n) is 9.42. The van der Waals surface area contributed by atoms with E-state index in [9.17, 15) is 14.4 Å². The van der Waals surface area contributed by atoms with E-state index in [1.54, 1.807) is 30.9 Å². The molecule has 9 heteroatoms. The molecule has 1 aromatic carbocycles. The van der Waals surface area contributed by atoms with Crippen molar-refractivity contribution in [2.24, 2.45) is 7.05 Å². The van der Waals surface area contributed by atoms with Crippen LogP contribution >= 0.6 is 0 Å². The number of unbranched alkanes of at least 4 members (excludes halogenated alkanes) is 1. The van der Waals surface area contributed by atoms with Gasteiger partial charge in [-0.2, -0.15) is 0 Å². The zero-order chi connectivity index (χ0) is 21.0. The van der Waals surface area contributed by atoms with Crippen molar-refractivity contribution in [1.29, 1.82) is 0 Å². The van der Waals surface area contributed by atoms with Crippen molar-refractivity contribution >= 4 is 17.1 Å². The molecule has 0 spiro atoms. The summed E-state index contributed by atoms with van der Waals surface area (Å²) in [6.45, 7) is 2.35. The van der Waals surface area contributed by atoms with Crippen LogP contribution in [0.15, 0.2) is 33.9 Å². The number of imidazole rings is 1. The van der Waals surface area contributed by atoms with E-state index < -0.39 is 17.2 Å². The molecular formula is C20H24N4O5. The molecule has 0 unspecified atom stereocenters. The highest BCUT2D eigenvalue weighted by Crippen LogP contribution is 2.18. The summed E-state index contributed by atoms with van der Waals surface area (Å²) in [5.41, 5.74) is 0.282. The third-order valence-corrected chi connectivity index (χ3v) is 4.73. The monoisotopic (exact) mass is 400 g/mol. The molecule has 1 N–H and O–H groups in total. The first-order valence-corrected chi connectivity index (χ1v) is 9.42. The molecule has 0 saturated heterocycles. The molecule has 3 rings (SSSR count). The average Bonchev–Trinajstić information content (AvgIpc) is 3.03. The Morgan fingerprint density at radius 2 is 2.00 bits per heavy atom. The number of methoxy groups -OCH3 is 1. The summed E-state index contributed by atoms with van der Waals surface area (Å²) in [7, 11) is 3.20. The number of esters is 1. The Morgan fingerprint density at radius 1 is 1.24 bits per heavy atom. The molecule has 0 saturated carbocycles. The summed E-state index contributed by atoms with van der Waals surface area (Å²) in [5, 5.41) is 0. The summed E-state index contributed by atoms with van der Waals surface area (Å²) in [6.07, 6.45) is 1.73. The normalized spacial score (nSPS) is 11.0. The Kier molecular flexibility index (Phi) is 6.16. The van der Waals surface area contributed by atoms with E-state index in [1.165, 1.54) is 4.57 Å². The second-order valence-corrected chi connectivity index (χ2v) is 6.67. The lowest BCUT2D eigenvalue weighted by Crippen LogP contribution is -2.31. The number of ether oxygens (including phenoxy) is 2. The number of aromatic amines is 1. The summed E-state index contributed by atoms with van der Waals surface area (Å²) < 4.78 is 13.6. The topological polar surface area (TPSA) is 108 Å². The molecule has 0 fully saturated rings. The summed E-state index contributed by atoms with van der Waals surface area (Å²) in [6, 6.07) is 7.21. The van der Waals surface area contributed by atoms with E-state index in [0.717, 1.165) is 18.4 Å². The molecule has 0 atom stereocenters. The van der Waals surface area contributed by atoms with Gasteiger partial charge in [0.05, 0.1) is 13.5 Å². The number of hydrogen-bond donors (Lipinski definition) is 1. The van der Waals surface area contributed by atoms with Crippen LogP contribution in [-0.2, 0) is 36.2 Å². The lowest BCUT2D eigenvalue weighted by Gasteiger charge is -2.08. The second-order valence-electron chi connectivity index (χ2n) is 6.67. The number of fused-ring (bicyclic) bond motifs is 1. The smallest absolute Gasteiger partial charge is 0.330 e. The van der Waals surface area contributed by atoms with Crippen molar-refractivity contribution in [2.45, 2.75) is 39.3 Å². The van der Waals surface area contributed by atoms with E-state index in [0.29, 0.717) is 23.8 Å². The van der Waals surface area contributed by atoms with Crippen LogP contribution in [0.3, 0.4) is 0 Å². The van der Waals surface area contributed by atoms with E-state index in [-0.39, 0.29) is 18.5 Å². The number of carbonyl (C=O) groups excluding carboxylic acids is 1. The Hall–Kier alpha value is -3.36. The Balaban J connectivity index is 1.82. The fraction of sp³-hybridized carbons (Fsp3) is 0.400. The van der Waals surface area contributed by atoms with Crippen LogP contribution in [0, 0.1) is 0 Å². The number of carbonyl (C=O) groups is 1. The highest BCUT2D eigenvalue weighted by atomic mass is 16.5. The fourth-order valence-corrected chi connectivity index (χ4v) is 3.14. The number of aryl methyl sites for hydroxylation is 2. The molecule has 0 amide bonds. The van der Waals surface area contributed by atoms with Crippen molar-refractivity contribution < 1.29 is 14.3 Å². The van der Waals surface area contributed by atoms with E-state index in [4.69, 9.17) is 9.47 Å². The van der Waals surface area contributed by atoms with Crippen LogP contribution < -0.4 is 16.0 Å². The van der Waals surface area contributed by atoms with Crippen LogP contribution in [0.4, 0.5) is 0 Å². The van der Waals surface area contributed by atoms with Crippen LogP contribution in [0.1, 0.15) is 31.2 Å². The molecule has 3 aromatic rings. The predicted molar refractivity (Wildman–Crippen MR) is 107 cm³/mol. The van der Waals surface area contributed by atoms with Gasteiger partial charge < -0.3 is 14.0 Å². The first-order chi connectivity index (χ1) is 14.0. The van der Waals surface area contributed by atoms with Crippen molar-refractivity contribution in [3.05, 3.63) is 56.5 Å². The molecule has 29 heavy (non-hydrogen) atoms. The summed E-state index contributed by atoms with van der Waals surface area (Å²) in [4.78, 5) is 43.4. The van der Waals surface area contributed by atoms with Crippen LogP contribution in [0.25, 0.3) is 11.2 Å². The number of para-hydroxylation sites is 1. The fourth-order valence-electron chi connectivity index (χ4n) is 3.14. The van der Waals surface area contributed by atoms with Gasteiger partial charge in [0.25, 0.3) is 5.56 Å². The maximum absolute atomic E-state index is 12.3. The molecule has 9 nitrogen and oxygen atoms in total. The minimum atomic E-state index is -0.514. The van der Waals surface area contributed by atoms with Gasteiger partial charge in [-0.1, -0.05) is 31.5 Å². The standard InChI is InChI=1S/C20H24N4O5/c1-4-5-10-24-18-17(19(26)22-20(24)27)23(2)15(21-18)12-29-16(25)11-13-8-6-7-9-14(13)28-3/h6-9H,4-5,10-12H2,1-3H3,(H,22,26,27). The minimum Gasteiger partial charge on any atom is -0.496 e. The second kappa shape index (κ2) is 8.76. The molecule has 0 aliphatic heterocycles. The Labute approximate surface area is 166 Å². The van der Waals surface area contributed by atoms with Gasteiger partial charge in [0.1, 0.15) is 18.2 Å². The highest BCUT2D eigenvalue weighted by molar-refractivity contribution is 5.74. The predicted octanol–water partition coefficient (Wildman–Crippen LogP) is 1.52. The number of aromatic nitrogens is 4. The maximum Gasteiger partial charge on any atom is 0.330 e. The third-order valence-electron chi connectivity index (χ3n) is 4.73. The minimum absolute atomic E-state index is 0.0513. The van der Waals surface area contributed by atoms with Gasteiger partial charge in [-0.15, -0.1) is 0 Å². The molecule has 0 aliphatic carbocycles. The van der Waals surface area contributed by atoms with E-state index >= 15 is 0 Å². The number of benzene rings is 1. The van der Waals surface area contributed by atoms with Crippen LogP contribution in [0.2, 0.25) is 0 Å². The van der Waals surface area contributed by atoms with Crippen molar-refractivity contribution in [3.63, 3.8) is 0 Å². The Morgan fingerprint density at radius 3 is 2.72 bits per heavy atom. The average molecular weight is 400 g/mol. The quantitative estimate of drug-likeness (QED) is 0.575. The molecule has 0 bridgehead atoms. The number of nitrogens with one attached hydrogen (secondary N) is 1. The molecule has 0 radical (unpaired) electrons. The molecular weight excluding hydrogens is 376 g/mol. The third kappa shape index (κ3) is 4.23. The van der Waals surface area contributed by atoms with Gasteiger partial charge in [0, 0.05) is 19.2 Å². The number of H-pyrrole nitrogens is 1. The summed E-state index contributed by atoms with van der Waals surface area (Å²) in [5.74, 6) is 0.548. The lowest BCUT2D eigenvalue weighted by molar-refractivity contribution is -0.144. The van der Waals surface area contributed by atoms with Crippen LogP contribution in [0.5, 0.6) is 5.75 Å². The SMILES string of the molecule is CCCCn1c(=O)[nH]c(=O)c2c1nc(COC(=O)Cc1ccccc1OC)n2C. The van der Waals surface area contributed by atoms with Gasteiger partial charge in [-0.25, -0.2) is 9.78 Å². The molecule has 2 heterocycles. The van der Waals surface area contributed by atoms with E-state index in [2.05, 4.69) is 9.97 Å². The van der Waals surface area contributed by atoms with Crippen molar-refractivity contribution in [3.8, 4) is 5.75 Å². The van der Waals surface area contributed by atoms with Gasteiger partial charge >= 0.3 is 11.7 Å². The van der Waals surface area contributed by atoms with E-state index in [1.807, 2.05) is 19.1 Å².